The van der Waals surface area contributed by atoms with Gasteiger partial charge in [-0.2, -0.15) is 9.36 Å². The molecule has 0 bridgehead atoms. The minimum Gasteiger partial charge on any atom is -0.496 e. The minimum absolute atomic E-state index is 0.00408. The van der Waals surface area contributed by atoms with Crippen LogP contribution in [0.1, 0.15) is 24.4 Å². The van der Waals surface area contributed by atoms with E-state index in [-0.39, 0.29) is 24.1 Å². The smallest absolute Gasteiger partial charge is 0.364 e. The van der Waals surface area contributed by atoms with Crippen molar-refractivity contribution in [1.82, 2.24) is 19.8 Å². The normalized spacial score (nSPS) is 15.9. The van der Waals surface area contributed by atoms with Crippen LogP contribution in [0.4, 0.5) is 4.39 Å². The largest absolute Gasteiger partial charge is 0.496 e. The van der Waals surface area contributed by atoms with Crippen LogP contribution in [0, 0.1) is 5.82 Å². The van der Waals surface area contributed by atoms with Crippen LogP contribution >= 0.6 is 0 Å². The Balaban J connectivity index is 1.86. The summed E-state index contributed by atoms with van der Waals surface area (Å²) in [4.78, 5) is 12.4. The summed E-state index contributed by atoms with van der Waals surface area (Å²) in [5, 5.41) is 7.83. The molecule has 0 unspecified atom stereocenters. The number of halogens is 1. The van der Waals surface area contributed by atoms with Crippen LogP contribution in [-0.4, -0.2) is 40.1 Å². The maximum atomic E-state index is 13.4. The van der Waals surface area contributed by atoms with Gasteiger partial charge >= 0.3 is 5.69 Å². The molecule has 2 heterocycles. The number of tetrazole rings is 1. The Morgan fingerprint density at radius 2 is 2.14 bits per heavy atom. The van der Waals surface area contributed by atoms with Gasteiger partial charge in [0.25, 0.3) is 0 Å². The van der Waals surface area contributed by atoms with Crippen LogP contribution in [-0.2, 0) is 11.3 Å². The van der Waals surface area contributed by atoms with E-state index in [9.17, 15) is 9.18 Å². The molecule has 8 heteroatoms. The van der Waals surface area contributed by atoms with Crippen molar-refractivity contribution in [2.45, 2.75) is 25.4 Å². The molecule has 0 spiro atoms. The molecule has 1 aliphatic rings. The number of aromatic nitrogens is 4. The highest BCUT2D eigenvalue weighted by atomic mass is 19.1. The van der Waals surface area contributed by atoms with Gasteiger partial charge in [0.2, 0.25) is 0 Å². The molecule has 1 aliphatic heterocycles. The second kappa shape index (κ2) is 6.27. The predicted molar refractivity (Wildman–Crippen MR) is 75.4 cm³/mol. The van der Waals surface area contributed by atoms with E-state index in [4.69, 9.17) is 9.47 Å². The average Bonchev–Trinajstić information content (AvgIpc) is 2.89. The van der Waals surface area contributed by atoms with E-state index < -0.39 is 0 Å². The van der Waals surface area contributed by atoms with Crippen molar-refractivity contribution in [3.05, 3.63) is 40.1 Å². The molecule has 1 fully saturated rings. The fourth-order valence-electron chi connectivity index (χ4n) is 2.58. The molecule has 1 saturated heterocycles. The van der Waals surface area contributed by atoms with Gasteiger partial charge in [-0.15, -0.1) is 0 Å². The minimum atomic E-state index is -0.388. The average molecular weight is 308 g/mol. The summed E-state index contributed by atoms with van der Waals surface area (Å²) in [6, 6.07) is 4.17. The molecule has 0 saturated carbocycles. The van der Waals surface area contributed by atoms with Gasteiger partial charge in [0.1, 0.15) is 11.6 Å². The molecule has 0 amide bonds. The maximum absolute atomic E-state index is 13.4. The van der Waals surface area contributed by atoms with Gasteiger partial charge in [-0.05, 0) is 41.5 Å². The van der Waals surface area contributed by atoms with Crippen molar-refractivity contribution < 1.29 is 13.9 Å². The summed E-state index contributed by atoms with van der Waals surface area (Å²) in [6.07, 6.45) is 1.48. The molecular weight excluding hydrogens is 291 g/mol. The molecule has 0 atom stereocenters. The highest BCUT2D eigenvalue weighted by Crippen LogP contribution is 2.20. The number of ether oxygens (including phenoxy) is 2. The lowest BCUT2D eigenvalue weighted by Gasteiger charge is -2.20. The van der Waals surface area contributed by atoms with Gasteiger partial charge in [-0.3, -0.25) is 0 Å². The number of benzene rings is 1. The fraction of sp³-hybridized carbons (Fsp3) is 0.500. The Morgan fingerprint density at radius 1 is 1.36 bits per heavy atom. The third kappa shape index (κ3) is 2.87. The number of hydrogen-bond acceptors (Lipinski definition) is 5. The van der Waals surface area contributed by atoms with Gasteiger partial charge < -0.3 is 9.47 Å². The van der Waals surface area contributed by atoms with Gasteiger partial charge in [0.05, 0.1) is 19.7 Å². The second-order valence-corrected chi connectivity index (χ2v) is 5.16. The zero-order valence-corrected chi connectivity index (χ0v) is 12.2. The van der Waals surface area contributed by atoms with Gasteiger partial charge in [-0.1, -0.05) is 0 Å². The molecule has 118 valence electrons. The molecule has 0 aliphatic carbocycles. The topological polar surface area (TPSA) is 71.2 Å². The monoisotopic (exact) mass is 308 g/mol. The van der Waals surface area contributed by atoms with Crippen molar-refractivity contribution in [2.75, 3.05) is 20.3 Å². The first-order valence-corrected chi connectivity index (χ1v) is 7.11. The Hall–Kier alpha value is -2.22. The lowest BCUT2D eigenvalue weighted by molar-refractivity contribution is 0.0647. The number of rotatable bonds is 4. The molecule has 0 radical (unpaired) electrons. The highest BCUT2D eigenvalue weighted by Gasteiger charge is 2.21. The number of methoxy groups -OCH3 is 1. The second-order valence-electron chi connectivity index (χ2n) is 5.16. The lowest BCUT2D eigenvalue weighted by atomic mass is 10.1. The Kier molecular flexibility index (Phi) is 4.19. The van der Waals surface area contributed by atoms with Crippen LogP contribution in [0.2, 0.25) is 0 Å². The van der Waals surface area contributed by atoms with E-state index in [1.807, 2.05) is 0 Å². The van der Waals surface area contributed by atoms with Crippen LogP contribution < -0.4 is 10.4 Å². The van der Waals surface area contributed by atoms with E-state index in [0.29, 0.717) is 24.5 Å². The zero-order chi connectivity index (χ0) is 15.5. The third-order valence-corrected chi connectivity index (χ3v) is 3.76. The first-order chi connectivity index (χ1) is 10.7. The quantitative estimate of drug-likeness (QED) is 0.842. The van der Waals surface area contributed by atoms with E-state index in [1.54, 1.807) is 0 Å². The summed E-state index contributed by atoms with van der Waals surface area (Å²) < 4.78 is 26.4. The third-order valence-electron chi connectivity index (χ3n) is 3.76. The molecule has 0 N–H and O–H groups in total. The zero-order valence-electron chi connectivity index (χ0n) is 12.2. The Morgan fingerprint density at radius 3 is 2.86 bits per heavy atom. The van der Waals surface area contributed by atoms with E-state index in [1.165, 1.54) is 34.7 Å². The number of nitrogens with zero attached hydrogens (tertiary/aromatic N) is 4. The molecular formula is C14H17FN4O3. The first-order valence-electron chi connectivity index (χ1n) is 7.11. The maximum Gasteiger partial charge on any atom is 0.364 e. The standard InChI is InChI=1S/C14H17FN4O3/c1-21-13-3-2-11(15)8-10(13)9-18-14(20)19(17-16-18)12-4-6-22-7-5-12/h2-3,8,12H,4-7,9H2,1H3. The van der Waals surface area contributed by atoms with E-state index in [0.717, 1.165) is 12.8 Å². The predicted octanol–water partition coefficient (Wildman–Crippen LogP) is 0.987. The van der Waals surface area contributed by atoms with Gasteiger partial charge in [-0.25, -0.2) is 9.18 Å². The Labute approximate surface area is 126 Å². The number of hydrogen-bond donors (Lipinski definition) is 0. The SMILES string of the molecule is COc1ccc(F)cc1Cn1nnn(C2CCOCC2)c1=O. The summed E-state index contributed by atoms with van der Waals surface area (Å²) in [6.45, 7) is 1.34. The van der Waals surface area contributed by atoms with Crippen LogP contribution in [0.25, 0.3) is 0 Å². The molecule has 1 aromatic heterocycles. The van der Waals surface area contributed by atoms with E-state index >= 15 is 0 Å². The molecule has 7 nitrogen and oxygen atoms in total. The van der Waals surface area contributed by atoms with Crippen molar-refractivity contribution >= 4 is 0 Å². The summed E-state index contributed by atoms with van der Waals surface area (Å²) in [7, 11) is 1.50. The van der Waals surface area contributed by atoms with Crippen molar-refractivity contribution in [3.8, 4) is 5.75 Å². The Bertz CT molecular complexity index is 706. The summed E-state index contributed by atoms with van der Waals surface area (Å²) in [5.74, 6) is 0.120. The van der Waals surface area contributed by atoms with Crippen LogP contribution in [0.3, 0.4) is 0 Å². The van der Waals surface area contributed by atoms with Crippen molar-refractivity contribution in [1.29, 1.82) is 0 Å². The molecule has 1 aromatic carbocycles. The van der Waals surface area contributed by atoms with Crippen molar-refractivity contribution in [3.63, 3.8) is 0 Å². The fourth-order valence-corrected chi connectivity index (χ4v) is 2.58. The van der Waals surface area contributed by atoms with Crippen LogP contribution in [0.5, 0.6) is 5.75 Å². The molecule has 2 aromatic rings. The molecule has 3 rings (SSSR count). The highest BCUT2D eigenvalue weighted by molar-refractivity contribution is 5.33. The summed E-state index contributed by atoms with van der Waals surface area (Å²) in [5.41, 5.74) is 0.238. The van der Waals surface area contributed by atoms with Gasteiger partial charge in [0, 0.05) is 18.8 Å². The van der Waals surface area contributed by atoms with Crippen LogP contribution in [0.15, 0.2) is 23.0 Å². The van der Waals surface area contributed by atoms with Gasteiger partial charge in [0.15, 0.2) is 0 Å². The lowest BCUT2D eigenvalue weighted by Crippen LogP contribution is -2.31. The molecule has 22 heavy (non-hydrogen) atoms. The van der Waals surface area contributed by atoms with E-state index in [2.05, 4.69) is 10.4 Å². The van der Waals surface area contributed by atoms with Crippen molar-refractivity contribution in [2.24, 2.45) is 0 Å². The first kappa shape index (κ1) is 14.7. The summed E-state index contributed by atoms with van der Waals surface area (Å²) >= 11 is 0.